The number of hydrogen-bond acceptors (Lipinski definition) is 3. The van der Waals surface area contributed by atoms with Crippen LogP contribution in [0.4, 0.5) is 0 Å². The fourth-order valence-electron chi connectivity index (χ4n) is 1.57. The van der Waals surface area contributed by atoms with Gasteiger partial charge in [-0.25, -0.2) is 4.79 Å². The molecule has 0 amide bonds. The lowest BCUT2D eigenvalue weighted by Gasteiger charge is -2.02. The van der Waals surface area contributed by atoms with E-state index < -0.39 is 5.97 Å². The van der Waals surface area contributed by atoms with Gasteiger partial charge in [0.05, 0.1) is 7.11 Å². The average Bonchev–Trinajstić information content (AvgIpc) is 2.78. The van der Waals surface area contributed by atoms with Crippen molar-refractivity contribution in [2.75, 3.05) is 7.11 Å². The van der Waals surface area contributed by atoms with E-state index in [-0.39, 0.29) is 5.76 Å². The molecule has 0 atom stereocenters. The predicted molar refractivity (Wildman–Crippen MR) is 61.5 cm³/mol. The molecule has 0 saturated carbocycles. The van der Waals surface area contributed by atoms with E-state index in [0.717, 1.165) is 11.3 Å². The number of aromatic carboxylic acids is 1. The van der Waals surface area contributed by atoms with Crippen LogP contribution < -0.4 is 4.74 Å². The van der Waals surface area contributed by atoms with Crippen LogP contribution in [0.3, 0.4) is 0 Å². The van der Waals surface area contributed by atoms with Gasteiger partial charge in [-0.1, -0.05) is 12.1 Å². The lowest BCUT2D eigenvalue weighted by atomic mass is 10.1. The number of rotatable bonds is 4. The number of furan rings is 1. The summed E-state index contributed by atoms with van der Waals surface area (Å²) < 4.78 is 10.3. The molecule has 0 bridgehead atoms. The first-order valence-electron chi connectivity index (χ1n) is 5.14. The van der Waals surface area contributed by atoms with E-state index in [9.17, 15) is 4.79 Å². The Bertz CT molecular complexity index is 528. The van der Waals surface area contributed by atoms with Gasteiger partial charge >= 0.3 is 5.97 Å². The van der Waals surface area contributed by atoms with Gasteiger partial charge in [-0.3, -0.25) is 0 Å². The first-order valence-corrected chi connectivity index (χ1v) is 5.14. The third-order valence-electron chi connectivity index (χ3n) is 2.38. The monoisotopic (exact) mass is 232 g/mol. The van der Waals surface area contributed by atoms with Crippen LogP contribution in [0, 0.1) is 0 Å². The molecule has 2 rings (SSSR count). The summed E-state index contributed by atoms with van der Waals surface area (Å²) in [6.07, 6.45) is 0.546. The van der Waals surface area contributed by atoms with Gasteiger partial charge in [0.2, 0.25) is 5.76 Å². The summed E-state index contributed by atoms with van der Waals surface area (Å²) in [6, 6.07) is 10.7. The van der Waals surface area contributed by atoms with Crippen molar-refractivity contribution in [1.82, 2.24) is 0 Å². The van der Waals surface area contributed by atoms with Gasteiger partial charge < -0.3 is 14.3 Å². The molecule has 0 aliphatic carbocycles. The number of carboxylic acids is 1. The second-order valence-corrected chi connectivity index (χ2v) is 3.60. The first-order chi connectivity index (χ1) is 8.19. The van der Waals surface area contributed by atoms with Crippen LogP contribution in [0.25, 0.3) is 0 Å². The maximum atomic E-state index is 10.7. The van der Waals surface area contributed by atoms with Gasteiger partial charge in [0.25, 0.3) is 0 Å². The van der Waals surface area contributed by atoms with Crippen molar-refractivity contribution in [1.29, 1.82) is 0 Å². The van der Waals surface area contributed by atoms with Gasteiger partial charge in [-0.2, -0.15) is 0 Å². The van der Waals surface area contributed by atoms with Gasteiger partial charge in [0.15, 0.2) is 0 Å². The number of methoxy groups -OCH3 is 1. The lowest BCUT2D eigenvalue weighted by Crippen LogP contribution is -1.92. The van der Waals surface area contributed by atoms with Crippen LogP contribution in [0.2, 0.25) is 0 Å². The predicted octanol–water partition coefficient (Wildman–Crippen LogP) is 2.58. The summed E-state index contributed by atoms with van der Waals surface area (Å²) in [5, 5.41) is 8.73. The van der Waals surface area contributed by atoms with E-state index in [1.54, 1.807) is 13.2 Å². The summed E-state index contributed by atoms with van der Waals surface area (Å²) in [4.78, 5) is 10.7. The van der Waals surface area contributed by atoms with Gasteiger partial charge in [-0.05, 0) is 29.8 Å². The Labute approximate surface area is 98.4 Å². The van der Waals surface area contributed by atoms with Crippen molar-refractivity contribution in [3.63, 3.8) is 0 Å². The molecule has 17 heavy (non-hydrogen) atoms. The second kappa shape index (κ2) is 4.74. The maximum absolute atomic E-state index is 10.7. The maximum Gasteiger partial charge on any atom is 0.371 e. The Morgan fingerprint density at radius 1 is 1.35 bits per heavy atom. The van der Waals surface area contributed by atoms with Crippen molar-refractivity contribution in [2.24, 2.45) is 0 Å². The SMILES string of the molecule is COc1cccc(Cc2ccc(C(=O)O)o2)c1. The Morgan fingerprint density at radius 2 is 2.18 bits per heavy atom. The highest BCUT2D eigenvalue weighted by molar-refractivity contribution is 5.84. The van der Waals surface area contributed by atoms with Crippen LogP contribution in [-0.2, 0) is 6.42 Å². The van der Waals surface area contributed by atoms with Crippen LogP contribution in [0.1, 0.15) is 21.9 Å². The van der Waals surface area contributed by atoms with Gasteiger partial charge in [0, 0.05) is 6.42 Å². The number of benzene rings is 1. The highest BCUT2D eigenvalue weighted by Crippen LogP contribution is 2.17. The molecule has 0 spiro atoms. The second-order valence-electron chi connectivity index (χ2n) is 3.60. The first kappa shape index (κ1) is 11.3. The number of ether oxygens (including phenoxy) is 1. The minimum absolute atomic E-state index is 0.0390. The smallest absolute Gasteiger partial charge is 0.371 e. The number of hydrogen-bond donors (Lipinski definition) is 1. The van der Waals surface area contributed by atoms with E-state index in [0.29, 0.717) is 12.2 Å². The molecule has 4 nitrogen and oxygen atoms in total. The Balaban J connectivity index is 2.16. The molecule has 1 N–H and O–H groups in total. The minimum atomic E-state index is -1.05. The average molecular weight is 232 g/mol. The highest BCUT2D eigenvalue weighted by Gasteiger charge is 2.09. The fourth-order valence-corrected chi connectivity index (χ4v) is 1.57. The van der Waals surface area contributed by atoms with E-state index >= 15 is 0 Å². The summed E-state index contributed by atoms with van der Waals surface area (Å²) in [5.41, 5.74) is 1.01. The summed E-state index contributed by atoms with van der Waals surface area (Å²) >= 11 is 0. The van der Waals surface area contributed by atoms with Crippen molar-refractivity contribution < 1.29 is 19.1 Å². The van der Waals surface area contributed by atoms with E-state index in [1.807, 2.05) is 24.3 Å². The van der Waals surface area contributed by atoms with Crippen LogP contribution in [0.15, 0.2) is 40.8 Å². The zero-order valence-corrected chi connectivity index (χ0v) is 9.34. The zero-order valence-electron chi connectivity index (χ0n) is 9.34. The third-order valence-corrected chi connectivity index (χ3v) is 2.38. The standard InChI is InChI=1S/C13H12O4/c1-16-10-4-2-3-9(7-10)8-11-5-6-12(17-11)13(14)15/h2-7H,8H2,1H3,(H,14,15). The molecule has 0 aliphatic heterocycles. The number of carboxylic acid groups (broad SMARTS) is 1. The molecule has 0 fully saturated rings. The zero-order chi connectivity index (χ0) is 12.3. The molecule has 2 aromatic rings. The molecule has 0 saturated heterocycles. The Kier molecular flexibility index (Phi) is 3.14. The van der Waals surface area contributed by atoms with Gasteiger partial charge in [0.1, 0.15) is 11.5 Å². The normalized spacial score (nSPS) is 10.2. The van der Waals surface area contributed by atoms with Crippen molar-refractivity contribution in [3.8, 4) is 5.75 Å². The molecular formula is C13H12O4. The summed E-state index contributed by atoms with van der Waals surface area (Å²) in [6.45, 7) is 0. The van der Waals surface area contributed by atoms with E-state index in [2.05, 4.69) is 0 Å². The van der Waals surface area contributed by atoms with E-state index in [4.69, 9.17) is 14.3 Å². The molecule has 1 heterocycles. The van der Waals surface area contributed by atoms with Gasteiger partial charge in [-0.15, -0.1) is 0 Å². The quantitative estimate of drug-likeness (QED) is 0.880. The van der Waals surface area contributed by atoms with Crippen molar-refractivity contribution >= 4 is 5.97 Å². The molecule has 88 valence electrons. The molecule has 0 aliphatic rings. The molecule has 4 heteroatoms. The number of carbonyl (C=O) groups is 1. The summed E-state index contributed by atoms with van der Waals surface area (Å²) in [7, 11) is 1.61. The van der Waals surface area contributed by atoms with Crippen LogP contribution in [-0.4, -0.2) is 18.2 Å². The summed E-state index contributed by atoms with van der Waals surface area (Å²) in [5.74, 6) is 0.299. The fraction of sp³-hybridized carbons (Fsp3) is 0.154. The molecular weight excluding hydrogens is 220 g/mol. The lowest BCUT2D eigenvalue weighted by molar-refractivity contribution is 0.0660. The topological polar surface area (TPSA) is 59.7 Å². The molecule has 0 unspecified atom stereocenters. The Hall–Kier alpha value is -2.23. The van der Waals surface area contributed by atoms with Crippen molar-refractivity contribution in [2.45, 2.75) is 6.42 Å². The third kappa shape index (κ3) is 2.66. The highest BCUT2D eigenvalue weighted by atomic mass is 16.5. The van der Waals surface area contributed by atoms with Crippen LogP contribution in [0.5, 0.6) is 5.75 Å². The molecule has 1 aromatic heterocycles. The molecule has 1 aromatic carbocycles. The van der Waals surface area contributed by atoms with Crippen molar-refractivity contribution in [3.05, 3.63) is 53.5 Å². The molecule has 0 radical (unpaired) electrons. The van der Waals surface area contributed by atoms with E-state index in [1.165, 1.54) is 6.07 Å². The largest absolute Gasteiger partial charge is 0.497 e. The Morgan fingerprint density at radius 3 is 2.82 bits per heavy atom. The van der Waals surface area contributed by atoms with Crippen LogP contribution >= 0.6 is 0 Å². The minimum Gasteiger partial charge on any atom is -0.497 e.